The minimum Gasteiger partial charge on any atom is -0.462 e. The van der Waals surface area contributed by atoms with Crippen LogP contribution in [-0.4, -0.2) is 109 Å². The lowest BCUT2D eigenvalue weighted by molar-refractivity contribution is -0.300. The first-order chi connectivity index (χ1) is 23.8. The van der Waals surface area contributed by atoms with Crippen molar-refractivity contribution in [3.63, 3.8) is 0 Å². The summed E-state index contributed by atoms with van der Waals surface area (Å²) in [5.41, 5.74) is -5.41. The summed E-state index contributed by atoms with van der Waals surface area (Å²) in [6, 6.07) is -0.220. The molecule has 4 N–H and O–H groups in total. The Hall–Kier alpha value is -1.83. The second-order valence-corrected chi connectivity index (χ2v) is 18.3. The van der Waals surface area contributed by atoms with Gasteiger partial charge < -0.3 is 39.4 Å². The van der Waals surface area contributed by atoms with Crippen LogP contribution in [0.5, 0.6) is 0 Å². The lowest BCUT2D eigenvalue weighted by atomic mass is 9.49. The van der Waals surface area contributed by atoms with Gasteiger partial charge in [0.1, 0.15) is 11.7 Å². The molecule has 0 amide bonds. The van der Waals surface area contributed by atoms with E-state index in [9.17, 15) is 34.8 Å². The summed E-state index contributed by atoms with van der Waals surface area (Å²) in [6.07, 6.45) is -0.928. The van der Waals surface area contributed by atoms with Crippen molar-refractivity contribution in [2.24, 2.45) is 52.8 Å². The zero-order valence-corrected chi connectivity index (χ0v) is 31.7. The minimum absolute atomic E-state index is 0.116. The van der Waals surface area contributed by atoms with Crippen LogP contribution in [0.4, 0.5) is 0 Å². The summed E-state index contributed by atoms with van der Waals surface area (Å²) in [5.74, 6) is -7.46. The molecule has 3 aliphatic heterocycles. The molecule has 51 heavy (non-hydrogen) atoms. The topological polar surface area (TPSA) is 172 Å². The third-order valence-corrected chi connectivity index (χ3v) is 15.6. The summed E-state index contributed by atoms with van der Waals surface area (Å²) >= 11 is 0. The Morgan fingerprint density at radius 2 is 1.59 bits per heavy atom. The molecule has 12 heteroatoms. The fraction of sp³-hybridized carbons (Fsp3) is 0.923. The number of esters is 3. The lowest BCUT2D eigenvalue weighted by Gasteiger charge is -2.64. The number of rotatable bonds is 7. The highest BCUT2D eigenvalue weighted by Gasteiger charge is 2.87. The molecule has 3 heterocycles. The number of carbonyl (C=O) groups excluding carboxylic acids is 3. The van der Waals surface area contributed by atoms with Gasteiger partial charge in [-0.25, -0.2) is 0 Å². The Bertz CT molecular complexity index is 1420. The van der Waals surface area contributed by atoms with Crippen LogP contribution in [-0.2, 0) is 33.3 Å². The number of carbonyl (C=O) groups is 3. The maximum Gasteiger partial charge on any atom is 0.309 e. The van der Waals surface area contributed by atoms with Gasteiger partial charge in [-0.05, 0) is 76.0 Å². The average Bonchev–Trinajstić information content (AvgIpc) is 3.33. The fourth-order valence-electron chi connectivity index (χ4n) is 12.8. The average molecular weight is 720 g/mol. The van der Waals surface area contributed by atoms with Crippen LogP contribution >= 0.6 is 0 Å². The van der Waals surface area contributed by atoms with E-state index in [2.05, 4.69) is 11.8 Å². The number of hydrogen-bond acceptors (Lipinski definition) is 12. The van der Waals surface area contributed by atoms with Crippen LogP contribution in [0.2, 0.25) is 0 Å². The van der Waals surface area contributed by atoms with Crippen LogP contribution in [0.1, 0.15) is 107 Å². The zero-order chi connectivity index (χ0) is 37.2. The molecule has 7 rings (SSSR count). The fourth-order valence-corrected chi connectivity index (χ4v) is 12.8. The summed E-state index contributed by atoms with van der Waals surface area (Å²) in [4.78, 5) is 41.9. The molecule has 0 aromatic carbocycles. The van der Waals surface area contributed by atoms with E-state index in [0.29, 0.717) is 38.1 Å². The zero-order valence-electron chi connectivity index (χ0n) is 31.7. The lowest BCUT2D eigenvalue weighted by Crippen LogP contribution is -2.77. The highest BCUT2D eigenvalue weighted by Crippen LogP contribution is 2.77. The molecule has 7 aliphatic rings. The number of aliphatic hydroxyl groups excluding tert-OH is 1. The summed E-state index contributed by atoms with van der Waals surface area (Å²) in [7, 11) is 0. The molecule has 3 saturated heterocycles. The normalized spacial score (nSPS) is 52.4. The van der Waals surface area contributed by atoms with Gasteiger partial charge >= 0.3 is 17.9 Å². The molecular weight excluding hydrogens is 658 g/mol. The van der Waals surface area contributed by atoms with Crippen molar-refractivity contribution in [1.82, 2.24) is 4.90 Å². The quantitative estimate of drug-likeness (QED) is 0.224. The number of nitrogens with zero attached hydrogens (tertiary/aromatic N) is 1. The largest absolute Gasteiger partial charge is 0.462 e. The molecule has 4 aliphatic carbocycles. The molecular formula is C39H61NO11. The van der Waals surface area contributed by atoms with E-state index in [1.165, 1.54) is 6.92 Å². The van der Waals surface area contributed by atoms with Gasteiger partial charge in [-0.15, -0.1) is 0 Å². The first-order valence-electron chi connectivity index (χ1n) is 19.7. The molecule has 0 aromatic heterocycles. The number of ether oxygens (including phenoxy) is 4. The van der Waals surface area contributed by atoms with Crippen molar-refractivity contribution in [1.29, 1.82) is 0 Å². The Kier molecular flexibility index (Phi) is 9.07. The molecule has 18 atom stereocenters. The Balaban J connectivity index is 1.39. The van der Waals surface area contributed by atoms with Crippen molar-refractivity contribution < 1.29 is 53.8 Å². The molecule has 4 bridgehead atoms. The Labute approximate surface area is 301 Å². The molecule has 0 aromatic rings. The van der Waals surface area contributed by atoms with Gasteiger partial charge in [0, 0.05) is 43.3 Å². The van der Waals surface area contributed by atoms with Gasteiger partial charge in [-0.1, -0.05) is 41.5 Å². The number of fused-ring (bicyclic) bond motifs is 5. The molecule has 1 spiro atoms. The standard InChI is InChI=1S/C39H61NO11/c1-9-20(4)33(43)49-28-13-14-35(7)26-15-25(48-22(6)41)31-37(35,51-39(26,28)47)16-24-23-18-40-17-19(3)11-12-27(40)36(8,45)29(23)30(42)32(38(24,31)46)50-34(44)21(5)10-2/h19-21,23-32,42,45-47H,9-18H2,1-8H3/t19-,20+,21+,23-,24-,25+,26-,27-,28-,29+,30+,31+,32-,35-,36+,37+,38-,39-/m0/s1. The second kappa shape index (κ2) is 12.3. The van der Waals surface area contributed by atoms with Gasteiger partial charge in [-0.3, -0.25) is 19.3 Å². The van der Waals surface area contributed by atoms with E-state index in [1.807, 2.05) is 20.8 Å². The van der Waals surface area contributed by atoms with E-state index in [-0.39, 0.29) is 24.8 Å². The van der Waals surface area contributed by atoms with Crippen molar-refractivity contribution in [2.45, 2.75) is 160 Å². The van der Waals surface area contributed by atoms with E-state index < -0.39 is 106 Å². The maximum absolute atomic E-state index is 13.7. The van der Waals surface area contributed by atoms with Gasteiger partial charge in [0.2, 0.25) is 5.79 Å². The SMILES string of the molecule is CC[C@@H](C)C(=O)O[C@H]1CC[C@@]2(C)[C@@H]3C[C@@H](OC(C)=O)[C@H]4[C@@]5(O)[C@@H](C[C@@]42O[C@]13O)[C@@H]1CN2C[C@@H](C)CC[C@H]2[C@@](C)(O)[C@H]1[C@@H](O)[C@@H]5OC(=O)[C@H](C)CC. The van der Waals surface area contributed by atoms with Crippen LogP contribution in [0, 0.1) is 52.8 Å². The number of piperidine rings is 2. The first kappa shape index (κ1) is 37.5. The van der Waals surface area contributed by atoms with E-state index in [0.717, 1.165) is 19.4 Å². The van der Waals surface area contributed by atoms with Crippen molar-refractivity contribution >= 4 is 17.9 Å². The Morgan fingerprint density at radius 1 is 0.941 bits per heavy atom. The first-order valence-corrected chi connectivity index (χ1v) is 19.7. The molecule has 12 nitrogen and oxygen atoms in total. The predicted molar refractivity (Wildman–Crippen MR) is 182 cm³/mol. The summed E-state index contributed by atoms with van der Waals surface area (Å²) in [5, 5.41) is 51.4. The van der Waals surface area contributed by atoms with Crippen molar-refractivity contribution in [2.75, 3.05) is 13.1 Å². The molecule has 7 fully saturated rings. The monoisotopic (exact) mass is 719 g/mol. The smallest absolute Gasteiger partial charge is 0.309 e. The third kappa shape index (κ3) is 5.01. The minimum atomic E-state index is -1.96. The van der Waals surface area contributed by atoms with Gasteiger partial charge in [0.25, 0.3) is 0 Å². The highest BCUT2D eigenvalue weighted by atomic mass is 16.7. The Morgan fingerprint density at radius 3 is 2.22 bits per heavy atom. The van der Waals surface area contributed by atoms with E-state index in [4.69, 9.17) is 18.9 Å². The van der Waals surface area contributed by atoms with Crippen molar-refractivity contribution in [3.8, 4) is 0 Å². The summed E-state index contributed by atoms with van der Waals surface area (Å²) in [6.45, 7) is 15.9. The molecule has 4 saturated carbocycles. The second-order valence-electron chi connectivity index (χ2n) is 18.3. The maximum atomic E-state index is 13.7. The number of hydrogen-bond donors (Lipinski definition) is 4. The molecule has 0 radical (unpaired) electrons. The van der Waals surface area contributed by atoms with E-state index in [1.54, 1.807) is 20.8 Å². The van der Waals surface area contributed by atoms with Gasteiger partial charge in [0.15, 0.2) is 12.2 Å². The molecule has 0 unspecified atom stereocenters. The van der Waals surface area contributed by atoms with E-state index >= 15 is 0 Å². The van der Waals surface area contributed by atoms with Gasteiger partial charge in [-0.2, -0.15) is 0 Å². The van der Waals surface area contributed by atoms with Crippen LogP contribution in [0.15, 0.2) is 0 Å². The van der Waals surface area contributed by atoms with Crippen LogP contribution < -0.4 is 0 Å². The highest BCUT2D eigenvalue weighted by molar-refractivity contribution is 5.73. The number of aliphatic hydroxyl groups is 4. The summed E-state index contributed by atoms with van der Waals surface area (Å²) < 4.78 is 25.4. The molecule has 288 valence electrons. The third-order valence-electron chi connectivity index (χ3n) is 15.6. The van der Waals surface area contributed by atoms with Crippen molar-refractivity contribution in [3.05, 3.63) is 0 Å². The van der Waals surface area contributed by atoms with Gasteiger partial charge in [0.05, 0.1) is 35.1 Å². The van der Waals surface area contributed by atoms with Crippen LogP contribution in [0.25, 0.3) is 0 Å². The predicted octanol–water partition coefficient (Wildman–Crippen LogP) is 2.95. The van der Waals surface area contributed by atoms with Crippen LogP contribution in [0.3, 0.4) is 0 Å².